The fourth-order valence-corrected chi connectivity index (χ4v) is 2.08. The van der Waals surface area contributed by atoms with Crippen LogP contribution < -0.4 is 5.32 Å². The second-order valence-electron chi connectivity index (χ2n) is 3.92. The Morgan fingerprint density at radius 2 is 2.38 bits per heavy atom. The van der Waals surface area contributed by atoms with Crippen LogP contribution in [0.25, 0.3) is 0 Å². The number of nitrogens with one attached hydrogen (secondary N) is 1. The first-order chi connectivity index (χ1) is 6.36. The number of aliphatic hydroxyl groups is 1. The van der Waals surface area contributed by atoms with Crippen molar-refractivity contribution in [2.45, 2.75) is 19.3 Å². The van der Waals surface area contributed by atoms with Crippen LogP contribution in [0.4, 0.5) is 0 Å². The zero-order valence-electron chi connectivity index (χ0n) is 8.63. The first kappa shape index (κ1) is 11.0. The van der Waals surface area contributed by atoms with Crippen molar-refractivity contribution in [2.24, 2.45) is 5.92 Å². The minimum Gasteiger partial charge on any atom is -0.395 e. The molecule has 0 aromatic carbocycles. The van der Waals surface area contributed by atoms with Crippen LogP contribution in [-0.2, 0) is 0 Å². The van der Waals surface area contributed by atoms with E-state index in [0.717, 1.165) is 19.0 Å². The molecule has 1 fully saturated rings. The van der Waals surface area contributed by atoms with E-state index in [1.807, 2.05) is 7.05 Å². The third-order valence-corrected chi connectivity index (χ3v) is 2.82. The Hall–Kier alpha value is -0.120. The Morgan fingerprint density at radius 3 is 3.08 bits per heavy atom. The first-order valence-electron chi connectivity index (χ1n) is 5.34. The molecule has 0 aliphatic carbocycles. The predicted molar refractivity (Wildman–Crippen MR) is 54.8 cm³/mol. The van der Waals surface area contributed by atoms with Gasteiger partial charge in [0, 0.05) is 13.1 Å². The number of hydrogen-bond acceptors (Lipinski definition) is 3. The number of rotatable bonds is 5. The van der Waals surface area contributed by atoms with Crippen molar-refractivity contribution in [3.63, 3.8) is 0 Å². The highest BCUT2D eigenvalue weighted by atomic mass is 16.3. The van der Waals surface area contributed by atoms with Crippen LogP contribution in [-0.4, -0.2) is 49.8 Å². The zero-order chi connectivity index (χ0) is 9.52. The molecule has 0 bridgehead atoms. The van der Waals surface area contributed by atoms with E-state index in [1.165, 1.54) is 32.4 Å². The van der Waals surface area contributed by atoms with E-state index in [2.05, 4.69) is 10.2 Å². The molecule has 13 heavy (non-hydrogen) atoms. The molecular formula is C10H22N2O. The Labute approximate surface area is 81.1 Å². The summed E-state index contributed by atoms with van der Waals surface area (Å²) in [6.07, 6.45) is 3.94. The van der Waals surface area contributed by atoms with Gasteiger partial charge in [-0.2, -0.15) is 0 Å². The van der Waals surface area contributed by atoms with Gasteiger partial charge in [0.15, 0.2) is 0 Å². The lowest BCUT2D eigenvalue weighted by atomic mass is 9.95. The van der Waals surface area contributed by atoms with Crippen LogP contribution in [0.5, 0.6) is 0 Å². The number of piperidine rings is 1. The lowest BCUT2D eigenvalue weighted by molar-refractivity contribution is 0.136. The number of hydrogen-bond donors (Lipinski definition) is 2. The Balaban J connectivity index is 2.16. The molecule has 1 aliphatic rings. The van der Waals surface area contributed by atoms with E-state index in [1.54, 1.807) is 0 Å². The van der Waals surface area contributed by atoms with Crippen LogP contribution in [0.3, 0.4) is 0 Å². The van der Waals surface area contributed by atoms with Crippen LogP contribution in [0.1, 0.15) is 19.3 Å². The number of nitrogens with zero attached hydrogens (tertiary/aromatic N) is 1. The van der Waals surface area contributed by atoms with Gasteiger partial charge in [-0.05, 0) is 45.3 Å². The average molecular weight is 186 g/mol. The van der Waals surface area contributed by atoms with E-state index >= 15 is 0 Å². The molecule has 0 spiro atoms. The largest absolute Gasteiger partial charge is 0.395 e. The maximum atomic E-state index is 8.83. The molecular weight excluding hydrogens is 164 g/mol. The fraction of sp³-hybridized carbons (Fsp3) is 1.00. The summed E-state index contributed by atoms with van der Waals surface area (Å²) in [5, 5.41) is 12.0. The molecule has 1 heterocycles. The lowest BCUT2D eigenvalue weighted by Crippen LogP contribution is -2.37. The van der Waals surface area contributed by atoms with E-state index in [9.17, 15) is 0 Å². The van der Waals surface area contributed by atoms with Gasteiger partial charge in [0.1, 0.15) is 0 Å². The van der Waals surface area contributed by atoms with Crippen molar-refractivity contribution in [3.8, 4) is 0 Å². The highest BCUT2D eigenvalue weighted by molar-refractivity contribution is 4.73. The Morgan fingerprint density at radius 1 is 1.54 bits per heavy atom. The lowest BCUT2D eigenvalue weighted by Gasteiger charge is -2.32. The third-order valence-electron chi connectivity index (χ3n) is 2.82. The van der Waals surface area contributed by atoms with Crippen LogP contribution in [0.15, 0.2) is 0 Å². The van der Waals surface area contributed by atoms with Gasteiger partial charge in [0.05, 0.1) is 6.61 Å². The molecule has 1 rings (SSSR count). The third kappa shape index (κ3) is 4.07. The Kier molecular flexibility index (Phi) is 5.35. The van der Waals surface area contributed by atoms with Gasteiger partial charge in [-0.1, -0.05) is 0 Å². The molecule has 2 N–H and O–H groups in total. The summed E-state index contributed by atoms with van der Waals surface area (Å²) in [4.78, 5) is 2.38. The molecule has 0 aromatic rings. The zero-order valence-corrected chi connectivity index (χ0v) is 8.63. The summed E-state index contributed by atoms with van der Waals surface area (Å²) in [7, 11) is 2.01. The van der Waals surface area contributed by atoms with E-state index < -0.39 is 0 Å². The second-order valence-corrected chi connectivity index (χ2v) is 3.92. The first-order valence-corrected chi connectivity index (χ1v) is 5.34. The highest BCUT2D eigenvalue weighted by Gasteiger charge is 2.18. The fourth-order valence-electron chi connectivity index (χ4n) is 2.08. The minimum atomic E-state index is 0.304. The smallest absolute Gasteiger partial charge is 0.0558 e. The summed E-state index contributed by atoms with van der Waals surface area (Å²) in [6, 6.07) is 0. The SMILES string of the molecule is CNCCC1CCCN(CCO)C1. The molecule has 3 nitrogen and oxygen atoms in total. The van der Waals surface area contributed by atoms with Gasteiger partial charge < -0.3 is 15.3 Å². The number of β-amino-alcohol motifs (C(OH)–C–C–N with tert-alkyl or cyclic N) is 1. The van der Waals surface area contributed by atoms with Crippen molar-refractivity contribution in [3.05, 3.63) is 0 Å². The molecule has 78 valence electrons. The van der Waals surface area contributed by atoms with Crippen molar-refractivity contribution in [1.82, 2.24) is 10.2 Å². The van der Waals surface area contributed by atoms with Crippen molar-refractivity contribution in [1.29, 1.82) is 0 Å². The molecule has 3 heteroatoms. The highest BCUT2D eigenvalue weighted by Crippen LogP contribution is 2.18. The summed E-state index contributed by atoms with van der Waals surface area (Å²) >= 11 is 0. The average Bonchev–Trinajstić information content (AvgIpc) is 2.16. The van der Waals surface area contributed by atoms with Gasteiger partial charge in [-0.3, -0.25) is 0 Å². The molecule has 1 atom stereocenters. The van der Waals surface area contributed by atoms with Gasteiger partial charge in [-0.25, -0.2) is 0 Å². The van der Waals surface area contributed by atoms with Gasteiger partial charge in [0.2, 0.25) is 0 Å². The topological polar surface area (TPSA) is 35.5 Å². The normalized spacial score (nSPS) is 24.9. The van der Waals surface area contributed by atoms with Crippen molar-refractivity contribution >= 4 is 0 Å². The summed E-state index contributed by atoms with van der Waals surface area (Å²) in [5.74, 6) is 0.841. The number of aliphatic hydroxyl groups excluding tert-OH is 1. The molecule has 0 saturated carbocycles. The van der Waals surface area contributed by atoms with Gasteiger partial charge >= 0.3 is 0 Å². The number of likely N-dealkylation sites (tertiary alicyclic amines) is 1. The van der Waals surface area contributed by atoms with Gasteiger partial charge in [-0.15, -0.1) is 0 Å². The molecule has 1 unspecified atom stereocenters. The summed E-state index contributed by atoms with van der Waals surface area (Å²) in [6.45, 7) is 4.64. The second kappa shape index (κ2) is 6.35. The van der Waals surface area contributed by atoms with Crippen molar-refractivity contribution in [2.75, 3.05) is 39.8 Å². The predicted octanol–water partition coefficient (Wildman–Crippen LogP) is 0.300. The quantitative estimate of drug-likeness (QED) is 0.648. The van der Waals surface area contributed by atoms with E-state index in [-0.39, 0.29) is 0 Å². The van der Waals surface area contributed by atoms with E-state index in [4.69, 9.17) is 5.11 Å². The monoisotopic (exact) mass is 186 g/mol. The molecule has 0 radical (unpaired) electrons. The van der Waals surface area contributed by atoms with Crippen LogP contribution in [0, 0.1) is 5.92 Å². The molecule has 1 aliphatic heterocycles. The van der Waals surface area contributed by atoms with E-state index in [0.29, 0.717) is 6.61 Å². The maximum Gasteiger partial charge on any atom is 0.0558 e. The minimum absolute atomic E-state index is 0.304. The van der Waals surface area contributed by atoms with Crippen LogP contribution >= 0.6 is 0 Å². The van der Waals surface area contributed by atoms with Crippen molar-refractivity contribution < 1.29 is 5.11 Å². The summed E-state index contributed by atoms with van der Waals surface area (Å²) < 4.78 is 0. The summed E-state index contributed by atoms with van der Waals surface area (Å²) in [5.41, 5.74) is 0. The Bertz CT molecular complexity index is 128. The van der Waals surface area contributed by atoms with Gasteiger partial charge in [0.25, 0.3) is 0 Å². The molecule has 0 aromatic heterocycles. The standard InChI is InChI=1S/C10H22N2O/c1-11-5-4-10-3-2-6-12(9-10)7-8-13/h10-11,13H,2-9H2,1H3. The van der Waals surface area contributed by atoms with Crippen LogP contribution in [0.2, 0.25) is 0 Å². The maximum absolute atomic E-state index is 8.83. The molecule has 1 saturated heterocycles. The molecule has 0 amide bonds.